The summed E-state index contributed by atoms with van der Waals surface area (Å²) in [6.07, 6.45) is 5.97. The van der Waals surface area contributed by atoms with E-state index in [4.69, 9.17) is 0 Å². The highest BCUT2D eigenvalue weighted by molar-refractivity contribution is 5.91. The van der Waals surface area contributed by atoms with Crippen LogP contribution in [0.3, 0.4) is 0 Å². The van der Waals surface area contributed by atoms with Gasteiger partial charge in [0.15, 0.2) is 0 Å². The van der Waals surface area contributed by atoms with E-state index in [1.807, 2.05) is 26.0 Å². The van der Waals surface area contributed by atoms with E-state index in [0.29, 0.717) is 12.8 Å². The lowest BCUT2D eigenvalue weighted by atomic mass is 9.75. The van der Waals surface area contributed by atoms with Crippen molar-refractivity contribution in [3.8, 4) is 0 Å². The Morgan fingerprint density at radius 1 is 1.57 bits per heavy atom. The summed E-state index contributed by atoms with van der Waals surface area (Å²) in [5, 5.41) is 0. The molecule has 0 spiro atoms. The molecule has 0 aliphatic heterocycles. The lowest BCUT2D eigenvalue weighted by molar-refractivity contribution is -0.135. The van der Waals surface area contributed by atoms with Crippen LogP contribution in [0.25, 0.3) is 0 Å². The normalized spacial score (nSPS) is 32.8. The Morgan fingerprint density at radius 2 is 2.21 bits per heavy atom. The molecule has 2 heteroatoms. The van der Waals surface area contributed by atoms with E-state index in [-0.39, 0.29) is 17.5 Å². The van der Waals surface area contributed by atoms with Gasteiger partial charge in [-0.2, -0.15) is 0 Å². The topological polar surface area (TPSA) is 34.1 Å². The number of rotatable bonds is 2. The molecule has 0 saturated heterocycles. The number of hydrogen-bond donors (Lipinski definition) is 0. The van der Waals surface area contributed by atoms with Gasteiger partial charge in [-0.05, 0) is 19.8 Å². The molecule has 2 unspecified atom stereocenters. The van der Waals surface area contributed by atoms with Gasteiger partial charge >= 0.3 is 0 Å². The van der Waals surface area contributed by atoms with Crippen LogP contribution in [0.4, 0.5) is 0 Å². The molecule has 1 rings (SSSR count). The average Bonchev–Trinajstić information content (AvgIpc) is 2.18. The van der Waals surface area contributed by atoms with Gasteiger partial charge in [-0.25, -0.2) is 0 Å². The Balaban J connectivity index is 2.87. The lowest BCUT2D eigenvalue weighted by Crippen LogP contribution is -2.32. The highest BCUT2D eigenvalue weighted by atomic mass is 16.1. The van der Waals surface area contributed by atoms with Crippen LogP contribution in [-0.4, -0.2) is 11.6 Å². The molecule has 0 aromatic heterocycles. The van der Waals surface area contributed by atoms with Crippen molar-refractivity contribution in [2.24, 2.45) is 11.3 Å². The number of ketones is 2. The first-order valence-corrected chi connectivity index (χ1v) is 5.14. The van der Waals surface area contributed by atoms with Crippen LogP contribution in [0, 0.1) is 11.3 Å². The molecule has 0 amide bonds. The van der Waals surface area contributed by atoms with Gasteiger partial charge in [0.05, 0.1) is 0 Å². The Bertz CT molecular complexity index is 278. The molecule has 0 heterocycles. The van der Waals surface area contributed by atoms with E-state index in [1.54, 1.807) is 6.92 Å². The van der Waals surface area contributed by atoms with E-state index < -0.39 is 5.41 Å². The predicted molar refractivity (Wildman–Crippen MR) is 56.0 cm³/mol. The van der Waals surface area contributed by atoms with Crippen molar-refractivity contribution < 1.29 is 9.59 Å². The summed E-state index contributed by atoms with van der Waals surface area (Å²) in [7, 11) is 0. The highest BCUT2D eigenvalue weighted by Crippen LogP contribution is 2.34. The SMILES string of the molecule is CC(=O)CC1(C)CC=CCC(C)C1=O. The third-order valence-electron chi connectivity index (χ3n) is 2.91. The molecule has 14 heavy (non-hydrogen) atoms. The third kappa shape index (κ3) is 2.31. The summed E-state index contributed by atoms with van der Waals surface area (Å²) >= 11 is 0. The number of carbonyl (C=O) groups is 2. The second-order valence-corrected chi connectivity index (χ2v) is 4.62. The molecular formula is C12H18O2. The minimum atomic E-state index is -0.460. The molecular weight excluding hydrogens is 176 g/mol. The zero-order valence-electron chi connectivity index (χ0n) is 9.17. The summed E-state index contributed by atoms with van der Waals surface area (Å²) in [5.74, 6) is 0.388. The van der Waals surface area contributed by atoms with Crippen molar-refractivity contribution in [2.45, 2.75) is 40.0 Å². The van der Waals surface area contributed by atoms with Crippen molar-refractivity contribution in [3.63, 3.8) is 0 Å². The average molecular weight is 194 g/mol. The Morgan fingerprint density at radius 3 is 2.79 bits per heavy atom. The zero-order chi connectivity index (χ0) is 10.8. The maximum absolute atomic E-state index is 12.0. The van der Waals surface area contributed by atoms with Gasteiger partial charge in [0, 0.05) is 17.8 Å². The summed E-state index contributed by atoms with van der Waals surface area (Å²) in [6, 6.07) is 0. The third-order valence-corrected chi connectivity index (χ3v) is 2.91. The standard InChI is InChI=1S/C12H18O2/c1-9-6-4-5-7-12(3,11(9)14)8-10(2)13/h4-5,9H,6-8H2,1-3H3. The van der Waals surface area contributed by atoms with Gasteiger partial charge < -0.3 is 0 Å². The number of Topliss-reactive ketones (excluding diaryl/α,β-unsaturated/α-hetero) is 2. The van der Waals surface area contributed by atoms with Crippen LogP contribution >= 0.6 is 0 Å². The molecule has 0 fully saturated rings. The number of carbonyl (C=O) groups excluding carboxylic acids is 2. The summed E-state index contributed by atoms with van der Waals surface area (Å²) in [4.78, 5) is 23.1. The summed E-state index contributed by atoms with van der Waals surface area (Å²) in [5.41, 5.74) is -0.460. The lowest BCUT2D eigenvalue weighted by Gasteiger charge is -2.26. The van der Waals surface area contributed by atoms with Crippen molar-refractivity contribution in [1.29, 1.82) is 0 Å². The zero-order valence-corrected chi connectivity index (χ0v) is 9.17. The second-order valence-electron chi connectivity index (χ2n) is 4.62. The van der Waals surface area contributed by atoms with Crippen LogP contribution in [0.5, 0.6) is 0 Å². The quantitative estimate of drug-likeness (QED) is 0.633. The first-order chi connectivity index (χ1) is 6.46. The first-order valence-electron chi connectivity index (χ1n) is 5.14. The number of allylic oxidation sites excluding steroid dienone is 2. The van der Waals surface area contributed by atoms with Gasteiger partial charge in [-0.15, -0.1) is 0 Å². The van der Waals surface area contributed by atoms with Gasteiger partial charge in [0.2, 0.25) is 0 Å². The van der Waals surface area contributed by atoms with E-state index in [0.717, 1.165) is 6.42 Å². The van der Waals surface area contributed by atoms with Gasteiger partial charge in [-0.3, -0.25) is 9.59 Å². The first kappa shape index (κ1) is 11.2. The van der Waals surface area contributed by atoms with Gasteiger partial charge in [-0.1, -0.05) is 26.0 Å². The summed E-state index contributed by atoms with van der Waals surface area (Å²) in [6.45, 7) is 5.40. The maximum atomic E-state index is 12.0. The molecule has 0 saturated carbocycles. The fourth-order valence-corrected chi connectivity index (χ4v) is 2.16. The van der Waals surface area contributed by atoms with Gasteiger partial charge in [0.1, 0.15) is 11.6 Å². The smallest absolute Gasteiger partial charge is 0.142 e. The molecule has 2 atom stereocenters. The molecule has 78 valence electrons. The Labute approximate surface area is 85.4 Å². The highest BCUT2D eigenvalue weighted by Gasteiger charge is 2.36. The Hall–Kier alpha value is -0.920. The number of hydrogen-bond acceptors (Lipinski definition) is 2. The Kier molecular flexibility index (Phi) is 3.25. The minimum absolute atomic E-state index is 0.0538. The minimum Gasteiger partial charge on any atom is -0.300 e. The largest absolute Gasteiger partial charge is 0.300 e. The van der Waals surface area contributed by atoms with Crippen molar-refractivity contribution in [2.75, 3.05) is 0 Å². The molecule has 1 aliphatic rings. The van der Waals surface area contributed by atoms with Crippen LogP contribution < -0.4 is 0 Å². The van der Waals surface area contributed by atoms with E-state index in [1.165, 1.54) is 0 Å². The van der Waals surface area contributed by atoms with Crippen LogP contribution in [0.1, 0.15) is 40.0 Å². The van der Waals surface area contributed by atoms with E-state index in [2.05, 4.69) is 0 Å². The van der Waals surface area contributed by atoms with Gasteiger partial charge in [0.25, 0.3) is 0 Å². The van der Waals surface area contributed by atoms with Crippen LogP contribution in [-0.2, 0) is 9.59 Å². The van der Waals surface area contributed by atoms with Crippen molar-refractivity contribution in [1.82, 2.24) is 0 Å². The fraction of sp³-hybridized carbons (Fsp3) is 0.667. The maximum Gasteiger partial charge on any atom is 0.142 e. The molecule has 2 nitrogen and oxygen atoms in total. The molecule has 0 aromatic rings. The molecule has 0 radical (unpaired) electrons. The van der Waals surface area contributed by atoms with Crippen LogP contribution in [0.2, 0.25) is 0 Å². The molecule has 0 N–H and O–H groups in total. The summed E-state index contributed by atoms with van der Waals surface area (Å²) < 4.78 is 0. The van der Waals surface area contributed by atoms with E-state index in [9.17, 15) is 9.59 Å². The molecule has 1 aliphatic carbocycles. The monoisotopic (exact) mass is 194 g/mol. The van der Waals surface area contributed by atoms with Crippen molar-refractivity contribution >= 4 is 11.6 Å². The van der Waals surface area contributed by atoms with Crippen LogP contribution in [0.15, 0.2) is 12.2 Å². The second kappa shape index (κ2) is 4.07. The predicted octanol–water partition coefficient (Wildman–Crippen LogP) is 2.53. The van der Waals surface area contributed by atoms with Crippen molar-refractivity contribution in [3.05, 3.63) is 12.2 Å². The van der Waals surface area contributed by atoms with E-state index >= 15 is 0 Å². The fourth-order valence-electron chi connectivity index (χ4n) is 2.16. The molecule has 0 bridgehead atoms. The molecule has 0 aromatic carbocycles.